The summed E-state index contributed by atoms with van der Waals surface area (Å²) < 4.78 is 6.38. The van der Waals surface area contributed by atoms with Gasteiger partial charge in [0.15, 0.2) is 0 Å². The van der Waals surface area contributed by atoms with E-state index in [1.54, 1.807) is 0 Å². The van der Waals surface area contributed by atoms with Gasteiger partial charge in [-0.05, 0) is 42.9 Å². The summed E-state index contributed by atoms with van der Waals surface area (Å²) in [5.41, 5.74) is -1.73. The largest absolute Gasteiger partial charge is 0.392 e. The molecule has 4 heteroatoms. The van der Waals surface area contributed by atoms with Crippen LogP contribution in [0.5, 0.6) is 0 Å². The predicted octanol–water partition coefficient (Wildman–Crippen LogP) is 2.31. The number of aliphatic hydroxyl groups excluding tert-OH is 2. The fourth-order valence-electron chi connectivity index (χ4n) is 8.22. The van der Waals surface area contributed by atoms with Crippen molar-refractivity contribution in [2.45, 2.75) is 83.7 Å². The molecule has 4 nitrogen and oxygen atoms in total. The number of epoxide rings is 1. The molecule has 5 fully saturated rings. The number of hydrogen-bond acceptors (Lipinski definition) is 4. The molecule has 9 atom stereocenters. The maximum Gasteiger partial charge on any atom is 0.150 e. The Hall–Kier alpha value is -0.450. The van der Waals surface area contributed by atoms with Crippen LogP contribution in [0, 0.1) is 34.0 Å². The maximum absolute atomic E-state index is 13.4. The third kappa shape index (κ3) is 1.27. The number of carbonyl (C=O) groups is 1. The zero-order valence-electron chi connectivity index (χ0n) is 15.2. The Kier molecular flexibility index (Phi) is 2.69. The second-order valence-electron chi connectivity index (χ2n) is 10.3. The Balaban J connectivity index is 1.74. The van der Waals surface area contributed by atoms with Crippen LogP contribution in [0.2, 0.25) is 0 Å². The van der Waals surface area contributed by atoms with Gasteiger partial charge in [-0.3, -0.25) is 4.79 Å². The molecule has 1 aliphatic heterocycles. The number of ketones is 1. The molecule has 0 aromatic carbocycles. The third-order valence-corrected chi connectivity index (χ3v) is 9.22. The van der Waals surface area contributed by atoms with Gasteiger partial charge in [0.1, 0.15) is 16.8 Å². The van der Waals surface area contributed by atoms with E-state index in [1.165, 1.54) is 0 Å². The number of rotatable bonds is 0. The maximum atomic E-state index is 13.4. The van der Waals surface area contributed by atoms with Gasteiger partial charge in [0, 0.05) is 11.3 Å². The molecular weight excluding hydrogens is 304 g/mol. The van der Waals surface area contributed by atoms with Gasteiger partial charge in [0.25, 0.3) is 0 Å². The lowest BCUT2D eigenvalue weighted by Crippen LogP contribution is -2.72. The average Bonchev–Trinajstić information content (AvgIpc) is 3.21. The van der Waals surface area contributed by atoms with Crippen LogP contribution in [0.4, 0.5) is 0 Å². The number of carbonyl (C=O) groups excluding carboxylic acids is 1. The van der Waals surface area contributed by atoms with Crippen LogP contribution < -0.4 is 0 Å². The topological polar surface area (TPSA) is 70.1 Å². The molecule has 0 aromatic heterocycles. The van der Waals surface area contributed by atoms with E-state index >= 15 is 0 Å². The monoisotopic (exact) mass is 334 g/mol. The molecule has 5 aliphatic rings. The number of ether oxygens (including phenoxy) is 1. The summed E-state index contributed by atoms with van der Waals surface area (Å²) in [4.78, 5) is 13.4. The van der Waals surface area contributed by atoms with Gasteiger partial charge in [-0.2, -0.15) is 0 Å². The summed E-state index contributed by atoms with van der Waals surface area (Å²) in [6, 6.07) is 0. The Labute approximate surface area is 144 Å². The van der Waals surface area contributed by atoms with Crippen molar-refractivity contribution in [3.05, 3.63) is 0 Å². The number of fused-ring (bicyclic) bond motifs is 2. The Bertz CT molecular complexity index is 629. The molecule has 0 unspecified atom stereocenters. The molecule has 4 saturated carbocycles. The minimum atomic E-state index is -1.08. The normalized spacial score (nSPS) is 63.3. The van der Waals surface area contributed by atoms with Crippen LogP contribution in [0.3, 0.4) is 0 Å². The SMILES string of the molecule is C[C@H]1C(=O)[C@@]23[C@H](O)C[C@H]4C(C)(C)CCC[C@]4(C)[C@@]24O[C@H]4C[C@@H]1[C@H]3O. The van der Waals surface area contributed by atoms with Crippen LogP contribution in [0.15, 0.2) is 0 Å². The lowest BCUT2D eigenvalue weighted by molar-refractivity contribution is -0.224. The highest BCUT2D eigenvalue weighted by atomic mass is 16.6. The van der Waals surface area contributed by atoms with E-state index < -0.39 is 23.2 Å². The summed E-state index contributed by atoms with van der Waals surface area (Å²) >= 11 is 0. The first-order valence-corrected chi connectivity index (χ1v) is 9.73. The zero-order valence-corrected chi connectivity index (χ0v) is 15.2. The van der Waals surface area contributed by atoms with E-state index in [0.29, 0.717) is 12.3 Å². The van der Waals surface area contributed by atoms with Crippen molar-refractivity contribution in [2.24, 2.45) is 34.0 Å². The van der Waals surface area contributed by atoms with Gasteiger partial charge >= 0.3 is 0 Å². The first-order valence-electron chi connectivity index (χ1n) is 9.73. The van der Waals surface area contributed by atoms with Crippen molar-refractivity contribution in [2.75, 3.05) is 0 Å². The first kappa shape index (κ1) is 15.8. The smallest absolute Gasteiger partial charge is 0.150 e. The van der Waals surface area contributed by atoms with E-state index in [2.05, 4.69) is 20.8 Å². The van der Waals surface area contributed by atoms with Crippen molar-refractivity contribution in [3.8, 4) is 0 Å². The van der Waals surface area contributed by atoms with E-state index in [9.17, 15) is 15.0 Å². The van der Waals surface area contributed by atoms with Crippen LogP contribution in [0.25, 0.3) is 0 Å². The van der Waals surface area contributed by atoms with Crippen molar-refractivity contribution in [1.82, 2.24) is 0 Å². The van der Waals surface area contributed by atoms with Gasteiger partial charge in [0.05, 0.1) is 18.3 Å². The molecule has 4 aliphatic carbocycles. The molecule has 5 rings (SSSR count). The van der Waals surface area contributed by atoms with E-state index in [4.69, 9.17) is 4.74 Å². The number of Topliss-reactive ketones (excluding diaryl/α,β-unsaturated/α-hetero) is 1. The van der Waals surface area contributed by atoms with Crippen LogP contribution in [0.1, 0.15) is 59.8 Å². The van der Waals surface area contributed by atoms with Gasteiger partial charge in [0.2, 0.25) is 0 Å². The Morgan fingerprint density at radius 3 is 2.54 bits per heavy atom. The van der Waals surface area contributed by atoms with Crippen molar-refractivity contribution in [1.29, 1.82) is 0 Å². The summed E-state index contributed by atoms with van der Waals surface area (Å²) in [5, 5.41) is 22.4. The van der Waals surface area contributed by atoms with Gasteiger partial charge in [-0.15, -0.1) is 0 Å². The average molecular weight is 334 g/mol. The molecule has 2 spiro atoms. The van der Waals surface area contributed by atoms with E-state index in [0.717, 1.165) is 25.7 Å². The van der Waals surface area contributed by atoms with Crippen molar-refractivity contribution < 1.29 is 19.7 Å². The van der Waals surface area contributed by atoms with Crippen molar-refractivity contribution in [3.63, 3.8) is 0 Å². The molecule has 2 N–H and O–H groups in total. The second-order valence-corrected chi connectivity index (χ2v) is 10.3. The van der Waals surface area contributed by atoms with Crippen molar-refractivity contribution >= 4 is 5.78 Å². The summed E-state index contributed by atoms with van der Waals surface area (Å²) in [5.74, 6) is 0.177. The molecule has 1 heterocycles. The van der Waals surface area contributed by atoms with E-state index in [-0.39, 0.29) is 34.6 Å². The predicted molar refractivity (Wildman–Crippen MR) is 88.2 cm³/mol. The molecule has 24 heavy (non-hydrogen) atoms. The van der Waals surface area contributed by atoms with Gasteiger partial charge in [-0.1, -0.05) is 34.1 Å². The minimum Gasteiger partial charge on any atom is -0.392 e. The van der Waals surface area contributed by atoms with Crippen LogP contribution in [-0.4, -0.2) is 39.9 Å². The highest BCUT2D eigenvalue weighted by Crippen LogP contribution is 2.79. The molecule has 1 saturated heterocycles. The molecule has 0 aromatic rings. The third-order valence-electron chi connectivity index (χ3n) is 9.22. The van der Waals surface area contributed by atoms with E-state index in [1.807, 2.05) is 6.92 Å². The summed E-state index contributed by atoms with van der Waals surface area (Å²) in [7, 11) is 0. The lowest BCUT2D eigenvalue weighted by atomic mass is 9.39. The molecule has 0 radical (unpaired) electrons. The second kappa shape index (κ2) is 4.10. The highest BCUT2D eigenvalue weighted by molar-refractivity contribution is 5.94. The lowest BCUT2D eigenvalue weighted by Gasteiger charge is -2.64. The fourth-order valence-corrected chi connectivity index (χ4v) is 8.22. The molecule has 2 bridgehead atoms. The molecule has 134 valence electrons. The number of hydrogen-bond donors (Lipinski definition) is 2. The minimum absolute atomic E-state index is 0.0381. The summed E-state index contributed by atoms with van der Waals surface area (Å²) in [6.45, 7) is 8.83. The number of aliphatic hydroxyl groups is 2. The quantitative estimate of drug-likeness (QED) is 0.667. The fraction of sp³-hybridized carbons (Fsp3) is 0.950. The standard InChI is InChI=1S/C20H30O4/c1-10-11-8-14-20(24-14)18(4)7-5-6-17(2,3)12(18)9-13(21)19(20,15(10)22)16(11)23/h10-14,16,21,23H,5-9H2,1-4H3/t10-,11+,12+,13-,14+,16-,18+,19-,20-/m1/s1. The molecule has 0 amide bonds. The Morgan fingerprint density at radius 2 is 1.83 bits per heavy atom. The van der Waals surface area contributed by atoms with Gasteiger partial charge in [-0.25, -0.2) is 0 Å². The van der Waals surface area contributed by atoms with Crippen LogP contribution >= 0.6 is 0 Å². The first-order chi connectivity index (χ1) is 11.1. The van der Waals surface area contributed by atoms with Gasteiger partial charge < -0.3 is 14.9 Å². The Morgan fingerprint density at radius 1 is 1.12 bits per heavy atom. The zero-order chi connectivity index (χ0) is 17.3. The molecular formula is C20H30O4. The highest BCUT2D eigenvalue weighted by Gasteiger charge is 2.90. The van der Waals surface area contributed by atoms with Crippen LogP contribution in [-0.2, 0) is 9.53 Å². The summed E-state index contributed by atoms with van der Waals surface area (Å²) in [6.07, 6.45) is 3.21.